The molecule has 0 aliphatic rings. The van der Waals surface area contributed by atoms with Crippen molar-refractivity contribution in [3.8, 4) is 0 Å². The summed E-state index contributed by atoms with van der Waals surface area (Å²) < 4.78 is 0. The third-order valence-electron chi connectivity index (χ3n) is 4.04. The zero-order chi connectivity index (χ0) is 25.2. The fraction of sp³-hybridized carbons (Fsp3) is 0.433. The zero-order valence-electron chi connectivity index (χ0n) is 22.4. The van der Waals surface area contributed by atoms with Crippen LogP contribution >= 0.6 is 0 Å². The highest BCUT2D eigenvalue weighted by atomic mass is 16.1. The van der Waals surface area contributed by atoms with Crippen LogP contribution in [0.1, 0.15) is 80.4 Å². The van der Waals surface area contributed by atoms with Crippen LogP contribution in [-0.2, 0) is 4.79 Å². The zero-order valence-corrected chi connectivity index (χ0v) is 22.4. The minimum atomic E-state index is -0.0918. The smallest absolute Gasteiger partial charge is 0.146 e. The molecule has 2 aromatic carbocycles. The van der Waals surface area contributed by atoms with Gasteiger partial charge >= 0.3 is 0 Å². The lowest BCUT2D eigenvalue weighted by atomic mass is 10.1. The highest BCUT2D eigenvalue weighted by Crippen LogP contribution is 2.06. The summed E-state index contributed by atoms with van der Waals surface area (Å²) in [6.07, 6.45) is 8.43. The Morgan fingerprint density at radius 1 is 0.688 bits per heavy atom. The molecule has 0 saturated carbocycles. The standard InChI is InChI=1S/C22H25NO.4C2H6/c1-19(20(2)24)23(17-9-15-21-11-5-3-6-12-21)18-10-16-22-13-7-4-8-14-22;4*1-2/h3-16,19H,17-18H2,1-2H3;4*1-2H3/b15-9+,16-10+;;;;. The van der Waals surface area contributed by atoms with Gasteiger partial charge in [-0.3, -0.25) is 9.69 Å². The molecule has 2 nitrogen and oxygen atoms in total. The predicted octanol–water partition coefficient (Wildman–Crippen LogP) is 8.80. The van der Waals surface area contributed by atoms with Crippen LogP contribution in [-0.4, -0.2) is 29.8 Å². The molecule has 180 valence electrons. The van der Waals surface area contributed by atoms with Gasteiger partial charge in [0.05, 0.1) is 6.04 Å². The summed E-state index contributed by atoms with van der Waals surface area (Å²) in [6, 6.07) is 20.3. The van der Waals surface area contributed by atoms with Gasteiger partial charge in [0.25, 0.3) is 0 Å². The normalized spacial score (nSPS) is 10.5. The molecule has 0 heterocycles. The predicted molar refractivity (Wildman–Crippen MR) is 148 cm³/mol. The summed E-state index contributed by atoms with van der Waals surface area (Å²) in [5.41, 5.74) is 2.35. The maximum atomic E-state index is 11.8. The molecule has 0 aromatic heterocycles. The number of Topliss-reactive ketones (excluding diaryl/α,β-unsaturated/α-hetero) is 1. The van der Waals surface area contributed by atoms with Crippen molar-refractivity contribution in [1.29, 1.82) is 0 Å². The molecule has 0 N–H and O–H groups in total. The van der Waals surface area contributed by atoms with E-state index < -0.39 is 0 Å². The van der Waals surface area contributed by atoms with Crippen LogP contribution in [0.3, 0.4) is 0 Å². The van der Waals surface area contributed by atoms with Gasteiger partial charge in [-0.25, -0.2) is 0 Å². The van der Waals surface area contributed by atoms with Gasteiger partial charge in [0.1, 0.15) is 5.78 Å². The maximum Gasteiger partial charge on any atom is 0.146 e. The molecule has 32 heavy (non-hydrogen) atoms. The summed E-state index contributed by atoms with van der Waals surface area (Å²) in [5, 5.41) is 0. The fourth-order valence-electron chi connectivity index (χ4n) is 2.42. The van der Waals surface area contributed by atoms with E-state index in [0.29, 0.717) is 0 Å². The third-order valence-corrected chi connectivity index (χ3v) is 4.04. The number of carbonyl (C=O) groups excluding carboxylic acids is 1. The first-order chi connectivity index (χ1) is 15.7. The second kappa shape index (κ2) is 26.6. The van der Waals surface area contributed by atoms with E-state index in [2.05, 4.69) is 53.5 Å². The summed E-state index contributed by atoms with van der Waals surface area (Å²) in [4.78, 5) is 13.9. The van der Waals surface area contributed by atoms with Crippen LogP contribution < -0.4 is 0 Å². The summed E-state index contributed by atoms with van der Waals surface area (Å²) in [5.74, 6) is 0.191. The molecule has 0 radical (unpaired) electrons. The fourth-order valence-corrected chi connectivity index (χ4v) is 2.42. The third kappa shape index (κ3) is 17.3. The van der Waals surface area contributed by atoms with Crippen molar-refractivity contribution in [2.45, 2.75) is 75.3 Å². The van der Waals surface area contributed by atoms with Gasteiger partial charge < -0.3 is 0 Å². The van der Waals surface area contributed by atoms with Crippen LogP contribution in [0.4, 0.5) is 0 Å². The summed E-state index contributed by atoms with van der Waals surface area (Å²) >= 11 is 0. The topological polar surface area (TPSA) is 20.3 Å². The van der Waals surface area contributed by atoms with Crippen LogP contribution in [0.25, 0.3) is 12.2 Å². The van der Waals surface area contributed by atoms with Crippen molar-refractivity contribution < 1.29 is 4.79 Å². The van der Waals surface area contributed by atoms with Crippen molar-refractivity contribution in [1.82, 2.24) is 4.90 Å². The van der Waals surface area contributed by atoms with Gasteiger partial charge in [0.2, 0.25) is 0 Å². The molecule has 1 atom stereocenters. The lowest BCUT2D eigenvalue weighted by Gasteiger charge is -2.24. The second-order valence-corrected chi connectivity index (χ2v) is 5.87. The number of ketones is 1. The number of benzene rings is 2. The quantitative estimate of drug-likeness (QED) is 0.409. The van der Waals surface area contributed by atoms with E-state index in [9.17, 15) is 4.79 Å². The van der Waals surface area contributed by atoms with Crippen molar-refractivity contribution in [3.05, 3.63) is 83.9 Å². The van der Waals surface area contributed by atoms with Crippen LogP contribution in [0, 0.1) is 0 Å². The Morgan fingerprint density at radius 3 is 1.28 bits per heavy atom. The van der Waals surface area contributed by atoms with Crippen molar-refractivity contribution in [2.75, 3.05) is 13.1 Å². The van der Waals surface area contributed by atoms with Crippen LogP contribution in [0.5, 0.6) is 0 Å². The van der Waals surface area contributed by atoms with Gasteiger partial charge in [0.15, 0.2) is 0 Å². The van der Waals surface area contributed by atoms with Gasteiger partial charge in [-0.05, 0) is 25.0 Å². The molecule has 0 fully saturated rings. The first-order valence-corrected chi connectivity index (χ1v) is 12.3. The Kier molecular flexibility index (Phi) is 28.4. The molecular weight excluding hydrogens is 390 g/mol. The largest absolute Gasteiger partial charge is 0.298 e. The van der Waals surface area contributed by atoms with E-state index in [1.54, 1.807) is 6.92 Å². The number of hydrogen-bond donors (Lipinski definition) is 0. The van der Waals surface area contributed by atoms with Gasteiger partial charge in [0, 0.05) is 13.1 Å². The molecule has 0 spiro atoms. The van der Waals surface area contributed by atoms with Gasteiger partial charge in [-0.1, -0.05) is 140 Å². The van der Waals surface area contributed by atoms with Crippen molar-refractivity contribution in [3.63, 3.8) is 0 Å². The average molecular weight is 440 g/mol. The van der Waals surface area contributed by atoms with E-state index in [1.807, 2.05) is 98.7 Å². The minimum absolute atomic E-state index is 0.0918. The Labute approximate surface area is 200 Å². The minimum Gasteiger partial charge on any atom is -0.298 e. The molecule has 2 rings (SSSR count). The lowest BCUT2D eigenvalue weighted by Crippen LogP contribution is -2.38. The first kappa shape index (κ1) is 34.2. The SMILES string of the molecule is CC.CC.CC.CC.CC(=O)C(C)N(C/C=C/c1ccccc1)C/C=C/c1ccccc1. The van der Waals surface area contributed by atoms with E-state index >= 15 is 0 Å². The van der Waals surface area contributed by atoms with E-state index in [4.69, 9.17) is 0 Å². The van der Waals surface area contributed by atoms with E-state index in [1.165, 1.54) is 11.1 Å². The number of hydrogen-bond acceptors (Lipinski definition) is 2. The Bertz CT molecular complexity index is 623. The van der Waals surface area contributed by atoms with Crippen molar-refractivity contribution in [2.24, 2.45) is 0 Å². The molecule has 0 aliphatic carbocycles. The Hall–Kier alpha value is -2.45. The molecule has 1 unspecified atom stereocenters. The molecule has 0 bridgehead atoms. The molecule has 2 aromatic rings. The number of rotatable bonds is 8. The molecule has 2 heteroatoms. The van der Waals surface area contributed by atoms with Crippen molar-refractivity contribution >= 4 is 17.9 Å². The Balaban J connectivity index is -0.000000945. The lowest BCUT2D eigenvalue weighted by molar-refractivity contribution is -0.121. The Morgan fingerprint density at radius 2 is 1.00 bits per heavy atom. The second-order valence-electron chi connectivity index (χ2n) is 5.87. The van der Waals surface area contributed by atoms with Gasteiger partial charge in [-0.2, -0.15) is 0 Å². The summed E-state index contributed by atoms with van der Waals surface area (Å²) in [6.45, 7) is 21.1. The highest BCUT2D eigenvalue weighted by Gasteiger charge is 2.15. The molecule has 0 amide bonds. The summed E-state index contributed by atoms with van der Waals surface area (Å²) in [7, 11) is 0. The monoisotopic (exact) mass is 439 g/mol. The van der Waals surface area contributed by atoms with Crippen LogP contribution in [0.15, 0.2) is 72.8 Å². The highest BCUT2D eigenvalue weighted by molar-refractivity contribution is 5.81. The molecule has 0 aliphatic heterocycles. The molecule has 0 saturated heterocycles. The maximum absolute atomic E-state index is 11.8. The van der Waals surface area contributed by atoms with E-state index in [0.717, 1.165) is 13.1 Å². The van der Waals surface area contributed by atoms with E-state index in [-0.39, 0.29) is 11.8 Å². The van der Waals surface area contributed by atoms with Gasteiger partial charge in [-0.15, -0.1) is 0 Å². The first-order valence-electron chi connectivity index (χ1n) is 12.3. The number of carbonyl (C=O) groups is 1. The average Bonchev–Trinajstić information content (AvgIpc) is 2.88. The number of nitrogens with zero attached hydrogens (tertiary/aromatic N) is 1. The molecular formula is C30H49NO. The van der Waals surface area contributed by atoms with Crippen LogP contribution in [0.2, 0.25) is 0 Å².